The van der Waals surface area contributed by atoms with Crippen molar-refractivity contribution in [1.82, 2.24) is 0 Å². The number of Topliss-reactive ketones (excluding diaryl/α,β-unsaturated/α-hetero) is 1. The molecule has 0 amide bonds. The Bertz CT molecular complexity index is 1710. The monoisotopic (exact) mass is 852 g/mol. The number of allylic oxidation sites excluding steroid dienone is 2. The average Bonchev–Trinajstić information content (AvgIpc) is 3.17. The van der Waals surface area contributed by atoms with Crippen LogP contribution in [0.4, 0.5) is 0 Å². The molecule has 8 N–H and O–H groups in total. The molecular weight excluding hydrogens is 784 g/mol. The quantitative estimate of drug-likeness (QED) is 0.131. The Labute approximate surface area is 351 Å². The van der Waals surface area contributed by atoms with E-state index in [-0.39, 0.29) is 28.4 Å². The molecule has 2 saturated heterocycles. The van der Waals surface area contributed by atoms with Crippen LogP contribution in [-0.2, 0) is 38.1 Å². The maximum absolute atomic E-state index is 14.9. The molecule has 0 aromatic rings. The third-order valence-corrected chi connectivity index (χ3v) is 17.4. The van der Waals surface area contributed by atoms with E-state index in [1.165, 1.54) is 6.92 Å². The number of carbonyl (C=O) groups excluding carboxylic acids is 3. The number of aliphatic hydroxyl groups is 8. The summed E-state index contributed by atoms with van der Waals surface area (Å²) in [6.07, 6.45) is -11.7. The van der Waals surface area contributed by atoms with Gasteiger partial charge in [0.2, 0.25) is 6.29 Å². The minimum atomic E-state index is -1.88. The molecule has 7 aliphatic rings. The fourth-order valence-corrected chi connectivity index (χ4v) is 13.5. The number of rotatable bonds is 7. The summed E-state index contributed by atoms with van der Waals surface area (Å²) in [5.41, 5.74) is -2.90. The van der Waals surface area contributed by atoms with Crippen LogP contribution in [0.2, 0.25) is 0 Å². The maximum atomic E-state index is 14.9. The molecule has 0 aromatic carbocycles. The lowest BCUT2D eigenvalue weighted by atomic mass is 9.33. The predicted molar refractivity (Wildman–Crippen MR) is 209 cm³/mol. The van der Waals surface area contributed by atoms with Crippen LogP contribution in [0.15, 0.2) is 11.6 Å². The van der Waals surface area contributed by atoms with Crippen LogP contribution in [0.3, 0.4) is 0 Å². The third-order valence-electron chi connectivity index (χ3n) is 17.4. The van der Waals surface area contributed by atoms with Crippen molar-refractivity contribution in [3.05, 3.63) is 11.6 Å². The minimum absolute atomic E-state index is 0.0759. The SMILES string of the molecule is CC(=O)O[C@@H]1C[C@]2(C)[C@H]3CC=C4[C@@H]5C(=O)C(C)(C)CC[C@]5(C(=O)O[C@@H]5O[C@H](CO[C@@H]6O[C@H](CO)[C@@H](O)[C@H](O)[C@H]6O)[C@@H](O)[C@H](O)[C@H]5O)CC[C@@]4(C)[C@]3(C)CC[C@H]2C(C)(C)[C@@H]1O. The first-order valence-corrected chi connectivity index (χ1v) is 21.8. The first-order chi connectivity index (χ1) is 27.8. The van der Waals surface area contributed by atoms with Gasteiger partial charge in [-0.15, -0.1) is 0 Å². The number of esters is 2. The summed E-state index contributed by atoms with van der Waals surface area (Å²) in [6.45, 7) is 14.8. The highest BCUT2D eigenvalue weighted by Gasteiger charge is 2.72. The lowest BCUT2D eigenvalue weighted by molar-refractivity contribution is -0.328. The third kappa shape index (κ3) is 6.76. The fraction of sp³-hybridized carbons (Fsp3) is 0.886. The second kappa shape index (κ2) is 15.6. The van der Waals surface area contributed by atoms with E-state index in [4.69, 9.17) is 23.7 Å². The molecule has 0 spiro atoms. The van der Waals surface area contributed by atoms with Crippen LogP contribution in [0.1, 0.15) is 107 Å². The standard InChI is InChI=1S/C44H68O16/c1-20(46)57-22-17-41(6)25(40(4,5)34(22)53)11-12-43(8)26(41)10-9-21-27-35(54)39(2,3)13-15-44(27,16-14-42(21,43)7)38(55)60-37-33(52)31(50)29(48)24(59-37)19-56-36-32(51)30(49)28(47)23(18-45)58-36/h9,22-34,36-37,45,47-53H,10-19H2,1-8H3/t22-,23-,24-,25+,26-,27-,28-,29-,30+,31+,32-,33-,34-,36-,37+,41+,42-,43-,44+/m1/s1. The number of ether oxygens (including phenoxy) is 5. The Morgan fingerprint density at radius 3 is 1.98 bits per heavy atom. The van der Waals surface area contributed by atoms with Crippen LogP contribution < -0.4 is 0 Å². The van der Waals surface area contributed by atoms with E-state index >= 15 is 0 Å². The highest BCUT2D eigenvalue weighted by Crippen LogP contribution is 2.75. The Balaban J connectivity index is 1.17. The Morgan fingerprint density at radius 1 is 0.750 bits per heavy atom. The molecule has 7 rings (SSSR count). The number of hydrogen-bond acceptors (Lipinski definition) is 16. The summed E-state index contributed by atoms with van der Waals surface area (Å²) in [5, 5.41) is 84.7. The molecule has 0 unspecified atom stereocenters. The molecule has 19 atom stereocenters. The molecule has 2 heterocycles. The molecule has 16 heteroatoms. The van der Waals surface area contributed by atoms with Gasteiger partial charge in [-0.25, -0.2) is 0 Å². The molecule has 60 heavy (non-hydrogen) atoms. The van der Waals surface area contributed by atoms with Crippen LogP contribution in [0, 0.1) is 50.2 Å². The average molecular weight is 853 g/mol. The van der Waals surface area contributed by atoms with E-state index in [9.17, 15) is 55.2 Å². The molecule has 0 radical (unpaired) electrons. The Hall–Kier alpha value is -2.09. The highest BCUT2D eigenvalue weighted by molar-refractivity contribution is 5.96. The number of hydrogen-bond donors (Lipinski definition) is 8. The topological polar surface area (TPSA) is 259 Å². The molecule has 0 bridgehead atoms. The minimum Gasteiger partial charge on any atom is -0.460 e. The number of ketones is 1. The zero-order chi connectivity index (χ0) is 44.3. The smallest absolute Gasteiger partial charge is 0.315 e. The molecule has 6 fully saturated rings. The van der Waals surface area contributed by atoms with Crippen LogP contribution in [-0.4, -0.2) is 145 Å². The van der Waals surface area contributed by atoms with E-state index in [0.717, 1.165) is 18.4 Å². The second-order valence-electron chi connectivity index (χ2n) is 21.2. The Kier molecular flexibility index (Phi) is 11.9. The summed E-state index contributed by atoms with van der Waals surface area (Å²) in [4.78, 5) is 42.0. The summed E-state index contributed by atoms with van der Waals surface area (Å²) in [7, 11) is 0. The van der Waals surface area contributed by atoms with E-state index in [0.29, 0.717) is 38.5 Å². The van der Waals surface area contributed by atoms with E-state index in [1.54, 1.807) is 0 Å². The van der Waals surface area contributed by atoms with Crippen LogP contribution >= 0.6 is 0 Å². The van der Waals surface area contributed by atoms with E-state index < -0.39 is 126 Å². The molecule has 5 aliphatic carbocycles. The summed E-state index contributed by atoms with van der Waals surface area (Å²) < 4.78 is 28.6. The van der Waals surface area contributed by atoms with Crippen molar-refractivity contribution in [3.63, 3.8) is 0 Å². The van der Waals surface area contributed by atoms with Gasteiger partial charge in [0.1, 0.15) is 60.7 Å². The van der Waals surface area contributed by atoms with Crippen LogP contribution in [0.25, 0.3) is 0 Å². The van der Waals surface area contributed by atoms with Crippen molar-refractivity contribution >= 4 is 17.7 Å². The summed E-state index contributed by atoms with van der Waals surface area (Å²) in [6, 6.07) is 0. The van der Waals surface area contributed by atoms with Gasteiger partial charge >= 0.3 is 11.9 Å². The van der Waals surface area contributed by atoms with Gasteiger partial charge in [0.05, 0.1) is 30.7 Å². The first-order valence-electron chi connectivity index (χ1n) is 21.8. The lowest BCUT2D eigenvalue weighted by Crippen LogP contribution is -2.68. The molecule has 340 valence electrons. The van der Waals surface area contributed by atoms with Gasteiger partial charge in [0, 0.05) is 12.3 Å². The second-order valence-corrected chi connectivity index (χ2v) is 21.2. The van der Waals surface area contributed by atoms with Gasteiger partial charge in [-0.1, -0.05) is 60.1 Å². The fourth-order valence-electron chi connectivity index (χ4n) is 13.5. The largest absolute Gasteiger partial charge is 0.460 e. The lowest BCUT2D eigenvalue weighted by Gasteiger charge is -2.71. The number of fused-ring (bicyclic) bond motifs is 7. The molecule has 2 aliphatic heterocycles. The maximum Gasteiger partial charge on any atom is 0.315 e. The van der Waals surface area contributed by atoms with Crippen LogP contribution in [0.5, 0.6) is 0 Å². The highest BCUT2D eigenvalue weighted by atomic mass is 16.7. The molecule has 16 nitrogen and oxygen atoms in total. The molecule has 4 saturated carbocycles. The van der Waals surface area contributed by atoms with Gasteiger partial charge in [0.15, 0.2) is 6.29 Å². The number of aliphatic hydroxyl groups excluding tert-OH is 8. The zero-order valence-electron chi connectivity index (χ0n) is 36.2. The van der Waals surface area contributed by atoms with Gasteiger partial charge < -0.3 is 64.5 Å². The summed E-state index contributed by atoms with van der Waals surface area (Å²) in [5.74, 6) is -1.89. The van der Waals surface area contributed by atoms with Crippen molar-refractivity contribution in [1.29, 1.82) is 0 Å². The Morgan fingerprint density at radius 2 is 1.35 bits per heavy atom. The predicted octanol–water partition coefficient (Wildman–Crippen LogP) is 1.04. The van der Waals surface area contributed by atoms with Crippen molar-refractivity contribution in [2.45, 2.75) is 180 Å². The molecule has 0 aromatic heterocycles. The van der Waals surface area contributed by atoms with Gasteiger partial charge in [-0.2, -0.15) is 0 Å². The zero-order valence-corrected chi connectivity index (χ0v) is 36.2. The summed E-state index contributed by atoms with van der Waals surface area (Å²) >= 11 is 0. The van der Waals surface area contributed by atoms with Crippen molar-refractivity contribution in [3.8, 4) is 0 Å². The molecular formula is C44H68O16. The first kappa shape index (κ1) is 45.9. The van der Waals surface area contributed by atoms with E-state index in [1.807, 2.05) is 13.8 Å². The van der Waals surface area contributed by atoms with Crippen molar-refractivity contribution in [2.24, 2.45) is 50.2 Å². The van der Waals surface area contributed by atoms with Crippen molar-refractivity contribution in [2.75, 3.05) is 13.2 Å². The number of carbonyl (C=O) groups is 3. The van der Waals surface area contributed by atoms with Gasteiger partial charge in [-0.3, -0.25) is 14.4 Å². The van der Waals surface area contributed by atoms with Crippen molar-refractivity contribution < 1.29 is 78.9 Å². The van der Waals surface area contributed by atoms with E-state index in [2.05, 4.69) is 40.7 Å². The van der Waals surface area contributed by atoms with Gasteiger partial charge in [0.25, 0.3) is 0 Å². The normalized spacial score (nSPS) is 50.8. The van der Waals surface area contributed by atoms with Gasteiger partial charge in [-0.05, 0) is 84.9 Å².